The van der Waals surface area contributed by atoms with E-state index in [0.717, 1.165) is 32.2 Å². The molecule has 3 heteroatoms. The molecule has 2 aromatic carbocycles. The molecule has 0 bridgehead atoms. The maximum absolute atomic E-state index is 13.4. The van der Waals surface area contributed by atoms with Gasteiger partial charge in [0, 0.05) is 5.54 Å². The topological polar surface area (TPSA) is 32.3 Å². The number of rotatable bonds is 6. The van der Waals surface area contributed by atoms with Gasteiger partial charge in [-0.05, 0) is 62.4 Å². The van der Waals surface area contributed by atoms with Gasteiger partial charge in [0.15, 0.2) is 0 Å². The highest BCUT2D eigenvalue weighted by Crippen LogP contribution is 2.38. The van der Waals surface area contributed by atoms with Crippen LogP contribution in [0.25, 0.3) is 0 Å². The molecule has 0 spiro atoms. The van der Waals surface area contributed by atoms with E-state index in [4.69, 9.17) is 0 Å². The van der Waals surface area contributed by atoms with Crippen molar-refractivity contribution in [3.63, 3.8) is 0 Å². The summed E-state index contributed by atoms with van der Waals surface area (Å²) in [6.07, 6.45) is 3.16. The summed E-state index contributed by atoms with van der Waals surface area (Å²) in [5.74, 6) is -0.296. The van der Waals surface area contributed by atoms with Gasteiger partial charge < -0.3 is 10.4 Å². The molecule has 0 aromatic heterocycles. The Morgan fingerprint density at radius 1 is 1.22 bits per heavy atom. The average Bonchev–Trinajstić information content (AvgIpc) is 2.51. The molecule has 2 nitrogen and oxygen atoms in total. The second kappa shape index (κ2) is 6.81. The molecule has 2 atom stereocenters. The van der Waals surface area contributed by atoms with Gasteiger partial charge in [0.2, 0.25) is 0 Å². The monoisotopic (exact) mass is 313 g/mol. The van der Waals surface area contributed by atoms with Gasteiger partial charge in [-0.2, -0.15) is 0 Å². The number of aliphatic hydroxyl groups excluding tert-OH is 1. The first-order valence-electron chi connectivity index (χ1n) is 8.33. The quantitative estimate of drug-likeness (QED) is 0.847. The third kappa shape index (κ3) is 3.62. The summed E-state index contributed by atoms with van der Waals surface area (Å²) in [7, 11) is 0. The summed E-state index contributed by atoms with van der Waals surface area (Å²) in [5, 5.41) is 14.1. The Hall–Kier alpha value is -1.71. The van der Waals surface area contributed by atoms with Crippen molar-refractivity contribution in [3.05, 3.63) is 71.0 Å². The molecule has 0 radical (unpaired) electrons. The molecule has 0 aliphatic carbocycles. The Labute approximate surface area is 137 Å². The minimum atomic E-state index is -0.662. The lowest BCUT2D eigenvalue weighted by Crippen LogP contribution is -2.60. The number of nitrogens with one attached hydrogen (secondary N) is 1. The Bertz CT molecular complexity index is 649. The van der Waals surface area contributed by atoms with E-state index in [1.54, 1.807) is 12.1 Å². The van der Waals surface area contributed by atoms with Gasteiger partial charge in [-0.1, -0.05) is 42.0 Å². The first kappa shape index (κ1) is 16.2. The van der Waals surface area contributed by atoms with Crippen LogP contribution in [0.4, 0.5) is 4.39 Å². The van der Waals surface area contributed by atoms with Crippen molar-refractivity contribution < 1.29 is 9.50 Å². The Morgan fingerprint density at radius 2 is 1.96 bits per heavy atom. The van der Waals surface area contributed by atoms with Crippen LogP contribution in [0.2, 0.25) is 0 Å². The van der Waals surface area contributed by atoms with E-state index >= 15 is 0 Å². The molecule has 2 aromatic rings. The van der Waals surface area contributed by atoms with Crippen molar-refractivity contribution in [1.82, 2.24) is 5.32 Å². The zero-order chi connectivity index (χ0) is 16.3. The van der Waals surface area contributed by atoms with Crippen LogP contribution in [-0.2, 0) is 6.42 Å². The van der Waals surface area contributed by atoms with Gasteiger partial charge in [0.25, 0.3) is 0 Å². The normalized spacial score (nSPS) is 21.7. The lowest BCUT2D eigenvalue weighted by molar-refractivity contribution is 0.00640. The fraction of sp³-hybridized carbons (Fsp3) is 0.400. The molecule has 1 saturated heterocycles. The second-order valence-electron chi connectivity index (χ2n) is 6.63. The largest absolute Gasteiger partial charge is 0.386 e. The molecule has 1 heterocycles. The summed E-state index contributed by atoms with van der Waals surface area (Å²) in [4.78, 5) is 0. The molecular formula is C20H24FNO. The van der Waals surface area contributed by atoms with Crippen molar-refractivity contribution in [2.75, 3.05) is 6.54 Å². The molecule has 23 heavy (non-hydrogen) atoms. The predicted octanol–water partition coefficient (Wildman–Crippen LogP) is 3.92. The number of hydrogen-bond acceptors (Lipinski definition) is 2. The van der Waals surface area contributed by atoms with Crippen molar-refractivity contribution in [1.29, 1.82) is 0 Å². The zero-order valence-electron chi connectivity index (χ0n) is 13.6. The molecule has 3 rings (SSSR count). The number of hydrogen-bond donors (Lipinski definition) is 2. The van der Waals surface area contributed by atoms with Gasteiger partial charge in [-0.3, -0.25) is 0 Å². The van der Waals surface area contributed by atoms with E-state index in [1.807, 2.05) is 0 Å². The summed E-state index contributed by atoms with van der Waals surface area (Å²) in [6.45, 7) is 3.00. The zero-order valence-corrected chi connectivity index (χ0v) is 13.6. The second-order valence-corrected chi connectivity index (χ2v) is 6.63. The van der Waals surface area contributed by atoms with Gasteiger partial charge in [0.05, 0.1) is 6.10 Å². The number of benzene rings is 2. The highest BCUT2D eigenvalue weighted by Gasteiger charge is 2.43. The van der Waals surface area contributed by atoms with Crippen LogP contribution in [0.1, 0.15) is 42.1 Å². The van der Waals surface area contributed by atoms with E-state index < -0.39 is 6.10 Å². The molecule has 2 unspecified atom stereocenters. The van der Waals surface area contributed by atoms with Crippen molar-refractivity contribution in [2.24, 2.45) is 0 Å². The van der Waals surface area contributed by atoms with Crippen LogP contribution in [-0.4, -0.2) is 17.2 Å². The van der Waals surface area contributed by atoms with Gasteiger partial charge in [-0.15, -0.1) is 0 Å². The van der Waals surface area contributed by atoms with Crippen LogP contribution in [0.5, 0.6) is 0 Å². The highest BCUT2D eigenvalue weighted by molar-refractivity contribution is 5.25. The first-order chi connectivity index (χ1) is 11.1. The Morgan fingerprint density at radius 3 is 2.57 bits per heavy atom. The smallest absolute Gasteiger partial charge is 0.123 e. The fourth-order valence-electron chi connectivity index (χ4n) is 3.39. The maximum Gasteiger partial charge on any atom is 0.123 e. The molecule has 2 N–H and O–H groups in total. The summed E-state index contributed by atoms with van der Waals surface area (Å²) >= 11 is 0. The van der Waals surface area contributed by atoms with E-state index in [-0.39, 0.29) is 11.4 Å². The van der Waals surface area contributed by atoms with Crippen LogP contribution in [0, 0.1) is 12.7 Å². The van der Waals surface area contributed by atoms with Crippen LogP contribution >= 0.6 is 0 Å². The lowest BCUT2D eigenvalue weighted by Gasteiger charge is -2.47. The standard InChI is InChI=1S/C20H24FNO/c1-15-7-9-16(10-8-15)4-3-11-20(12-13-22-20)19(23)17-5-2-6-18(21)14-17/h2,5-10,14,19,22-23H,3-4,11-13H2,1H3. The van der Waals surface area contributed by atoms with Crippen molar-refractivity contribution in [3.8, 4) is 0 Å². The van der Waals surface area contributed by atoms with E-state index in [0.29, 0.717) is 5.56 Å². The highest BCUT2D eigenvalue weighted by atomic mass is 19.1. The molecule has 1 aliphatic heterocycles. The molecule has 1 aliphatic rings. The predicted molar refractivity (Wildman–Crippen MR) is 90.8 cm³/mol. The van der Waals surface area contributed by atoms with Gasteiger partial charge >= 0.3 is 0 Å². The van der Waals surface area contributed by atoms with Crippen molar-refractivity contribution in [2.45, 2.75) is 44.2 Å². The molecule has 122 valence electrons. The van der Waals surface area contributed by atoms with Gasteiger partial charge in [0.1, 0.15) is 5.82 Å². The van der Waals surface area contributed by atoms with Crippen LogP contribution in [0.15, 0.2) is 48.5 Å². The summed E-state index contributed by atoms with van der Waals surface area (Å²) in [6, 6.07) is 14.9. The molecule has 0 amide bonds. The van der Waals surface area contributed by atoms with Gasteiger partial charge in [-0.25, -0.2) is 4.39 Å². The third-order valence-electron chi connectivity index (χ3n) is 4.94. The molecule has 0 saturated carbocycles. The third-order valence-corrected chi connectivity index (χ3v) is 4.94. The van der Waals surface area contributed by atoms with Crippen LogP contribution < -0.4 is 5.32 Å². The maximum atomic E-state index is 13.4. The summed E-state index contributed by atoms with van der Waals surface area (Å²) in [5.41, 5.74) is 2.95. The van der Waals surface area contributed by atoms with Crippen molar-refractivity contribution >= 4 is 0 Å². The van der Waals surface area contributed by atoms with E-state index in [2.05, 4.69) is 36.5 Å². The lowest BCUT2D eigenvalue weighted by atomic mass is 9.75. The fourth-order valence-corrected chi connectivity index (χ4v) is 3.39. The Balaban J connectivity index is 1.63. The van der Waals surface area contributed by atoms with E-state index in [1.165, 1.54) is 23.3 Å². The summed E-state index contributed by atoms with van der Waals surface area (Å²) < 4.78 is 13.4. The molecular weight excluding hydrogens is 289 g/mol. The van der Waals surface area contributed by atoms with E-state index in [9.17, 15) is 9.50 Å². The van der Waals surface area contributed by atoms with Crippen LogP contribution in [0.3, 0.4) is 0 Å². The first-order valence-corrected chi connectivity index (χ1v) is 8.33. The Kier molecular flexibility index (Phi) is 4.79. The SMILES string of the molecule is Cc1ccc(CCCC2(C(O)c3cccc(F)c3)CCN2)cc1. The minimum absolute atomic E-state index is 0.296. The number of aryl methyl sites for hydroxylation is 2. The average molecular weight is 313 g/mol. The minimum Gasteiger partial charge on any atom is -0.386 e. The molecule has 1 fully saturated rings. The number of halogens is 1. The number of aliphatic hydroxyl groups is 1.